The maximum absolute atomic E-state index is 12.0. The highest BCUT2D eigenvalue weighted by Gasteiger charge is 2.18. The van der Waals surface area contributed by atoms with E-state index in [0.29, 0.717) is 22.5 Å². The minimum absolute atomic E-state index is 0.0406. The number of hydrogen-bond donors (Lipinski definition) is 0. The van der Waals surface area contributed by atoms with Gasteiger partial charge in [-0.3, -0.25) is 0 Å². The van der Waals surface area contributed by atoms with E-state index >= 15 is 0 Å². The van der Waals surface area contributed by atoms with Crippen LogP contribution in [-0.2, 0) is 0 Å². The lowest BCUT2D eigenvalue weighted by Crippen LogP contribution is -2.12. The first-order chi connectivity index (χ1) is 9.92. The molecule has 0 saturated carbocycles. The first-order valence-corrected chi connectivity index (χ1v) is 6.90. The van der Waals surface area contributed by atoms with Crippen molar-refractivity contribution in [2.45, 2.75) is 39.9 Å². The number of benzene rings is 1. The Bertz CT molecular complexity index is 685. The molecule has 2 aromatic rings. The Labute approximate surface area is 123 Å². The normalized spacial score (nSPS) is 11.2. The molecule has 1 aromatic carbocycles. The molecule has 1 heterocycles. The van der Waals surface area contributed by atoms with E-state index in [-0.39, 0.29) is 18.0 Å². The smallest absolute Gasteiger partial charge is 0.383 e. The summed E-state index contributed by atoms with van der Waals surface area (Å²) in [6.07, 6.45) is -0.0469. The SMILES string of the molecule is COc1c(OC(C)C)c2ccc(OC(C)C)cc2oc1=O. The average molecular weight is 292 g/mol. The summed E-state index contributed by atoms with van der Waals surface area (Å²) in [7, 11) is 1.42. The second-order valence-corrected chi connectivity index (χ2v) is 5.24. The maximum Gasteiger partial charge on any atom is 0.383 e. The van der Waals surface area contributed by atoms with E-state index in [2.05, 4.69) is 0 Å². The summed E-state index contributed by atoms with van der Waals surface area (Å²) < 4.78 is 21.7. The zero-order valence-electron chi connectivity index (χ0n) is 12.9. The highest BCUT2D eigenvalue weighted by molar-refractivity contribution is 5.86. The summed E-state index contributed by atoms with van der Waals surface area (Å²) in [4.78, 5) is 12.0. The van der Waals surface area contributed by atoms with E-state index < -0.39 is 5.63 Å². The lowest BCUT2D eigenvalue weighted by Gasteiger charge is -2.15. The summed E-state index contributed by atoms with van der Waals surface area (Å²) in [6, 6.07) is 5.30. The van der Waals surface area contributed by atoms with Crippen LogP contribution in [0.2, 0.25) is 0 Å². The van der Waals surface area contributed by atoms with Gasteiger partial charge in [0.2, 0.25) is 5.75 Å². The van der Waals surface area contributed by atoms with Gasteiger partial charge in [0.1, 0.15) is 11.3 Å². The Kier molecular flexibility index (Phi) is 4.40. The fraction of sp³-hybridized carbons (Fsp3) is 0.438. The summed E-state index contributed by atoms with van der Waals surface area (Å²) >= 11 is 0. The van der Waals surface area contributed by atoms with Crippen molar-refractivity contribution in [3.8, 4) is 17.2 Å². The Morgan fingerprint density at radius 1 is 1.00 bits per heavy atom. The van der Waals surface area contributed by atoms with Crippen LogP contribution in [-0.4, -0.2) is 19.3 Å². The van der Waals surface area contributed by atoms with Crippen LogP contribution in [0.1, 0.15) is 27.7 Å². The summed E-state index contributed by atoms with van der Waals surface area (Å²) in [6.45, 7) is 7.63. The first-order valence-electron chi connectivity index (χ1n) is 6.90. The van der Waals surface area contributed by atoms with Gasteiger partial charge in [-0.05, 0) is 39.8 Å². The largest absolute Gasteiger partial charge is 0.491 e. The van der Waals surface area contributed by atoms with Crippen molar-refractivity contribution in [3.63, 3.8) is 0 Å². The molecule has 0 radical (unpaired) electrons. The van der Waals surface area contributed by atoms with Crippen LogP contribution in [0.5, 0.6) is 17.2 Å². The lowest BCUT2D eigenvalue weighted by atomic mass is 10.2. The second-order valence-electron chi connectivity index (χ2n) is 5.24. The van der Waals surface area contributed by atoms with Crippen molar-refractivity contribution in [2.75, 3.05) is 7.11 Å². The van der Waals surface area contributed by atoms with Crippen molar-refractivity contribution >= 4 is 11.0 Å². The number of fused-ring (bicyclic) bond motifs is 1. The summed E-state index contributed by atoms with van der Waals surface area (Å²) in [5.41, 5.74) is -0.156. The third-order valence-electron chi connectivity index (χ3n) is 2.72. The van der Waals surface area contributed by atoms with Crippen LogP contribution < -0.4 is 19.8 Å². The van der Waals surface area contributed by atoms with E-state index in [1.54, 1.807) is 12.1 Å². The molecule has 5 heteroatoms. The van der Waals surface area contributed by atoms with Crippen molar-refractivity contribution in [1.82, 2.24) is 0 Å². The van der Waals surface area contributed by atoms with E-state index in [9.17, 15) is 4.79 Å². The molecule has 0 N–H and O–H groups in total. The zero-order valence-corrected chi connectivity index (χ0v) is 12.9. The lowest BCUT2D eigenvalue weighted by molar-refractivity contribution is 0.229. The Balaban J connectivity index is 2.63. The fourth-order valence-corrected chi connectivity index (χ4v) is 2.01. The molecular formula is C16H20O5. The number of methoxy groups -OCH3 is 1. The Morgan fingerprint density at radius 3 is 2.24 bits per heavy atom. The topological polar surface area (TPSA) is 57.9 Å². The zero-order chi connectivity index (χ0) is 15.6. The Morgan fingerprint density at radius 2 is 1.67 bits per heavy atom. The van der Waals surface area contributed by atoms with Gasteiger partial charge in [-0.15, -0.1) is 0 Å². The van der Waals surface area contributed by atoms with Crippen molar-refractivity contribution in [1.29, 1.82) is 0 Å². The third-order valence-corrected chi connectivity index (χ3v) is 2.72. The standard InChI is InChI=1S/C16H20O5/c1-9(2)19-11-6-7-12-13(8-11)21-16(17)15(18-5)14(12)20-10(3)4/h6-10H,1-5H3. The predicted octanol–water partition coefficient (Wildman–Crippen LogP) is 3.38. The molecule has 114 valence electrons. The van der Waals surface area contributed by atoms with E-state index in [1.807, 2.05) is 33.8 Å². The number of hydrogen-bond acceptors (Lipinski definition) is 5. The predicted molar refractivity (Wildman–Crippen MR) is 80.6 cm³/mol. The average Bonchev–Trinajstić information content (AvgIpc) is 2.37. The Hall–Kier alpha value is -2.17. The molecule has 0 aliphatic rings. The van der Waals surface area contributed by atoms with Gasteiger partial charge in [0.25, 0.3) is 0 Å². The van der Waals surface area contributed by atoms with Gasteiger partial charge in [-0.25, -0.2) is 4.79 Å². The van der Waals surface area contributed by atoms with Crippen molar-refractivity contribution in [2.24, 2.45) is 0 Å². The minimum atomic E-state index is -0.567. The van der Waals surface area contributed by atoms with Crippen LogP contribution in [0.25, 0.3) is 11.0 Å². The molecule has 0 saturated heterocycles. The highest BCUT2D eigenvalue weighted by atomic mass is 16.5. The van der Waals surface area contributed by atoms with Gasteiger partial charge in [0.05, 0.1) is 24.7 Å². The fourth-order valence-electron chi connectivity index (χ4n) is 2.01. The highest BCUT2D eigenvalue weighted by Crippen LogP contribution is 2.35. The quantitative estimate of drug-likeness (QED) is 0.791. The molecule has 0 spiro atoms. The maximum atomic E-state index is 12.0. The van der Waals surface area contributed by atoms with Gasteiger partial charge < -0.3 is 18.6 Å². The van der Waals surface area contributed by atoms with Crippen LogP contribution in [0.15, 0.2) is 27.4 Å². The van der Waals surface area contributed by atoms with Gasteiger partial charge >= 0.3 is 5.63 Å². The molecule has 0 aliphatic heterocycles. The summed E-state index contributed by atoms with van der Waals surface area (Å²) in [5, 5.41) is 0.677. The molecule has 0 bridgehead atoms. The molecule has 2 rings (SSSR count). The minimum Gasteiger partial charge on any atom is -0.491 e. The third kappa shape index (κ3) is 3.29. The monoisotopic (exact) mass is 292 g/mol. The van der Waals surface area contributed by atoms with E-state index in [4.69, 9.17) is 18.6 Å². The molecular weight excluding hydrogens is 272 g/mol. The van der Waals surface area contributed by atoms with Crippen LogP contribution in [0.3, 0.4) is 0 Å². The van der Waals surface area contributed by atoms with Crippen LogP contribution in [0.4, 0.5) is 0 Å². The van der Waals surface area contributed by atoms with Gasteiger partial charge in [-0.1, -0.05) is 0 Å². The van der Waals surface area contributed by atoms with Crippen molar-refractivity contribution in [3.05, 3.63) is 28.6 Å². The number of ether oxygens (including phenoxy) is 3. The molecule has 0 amide bonds. The molecule has 0 aliphatic carbocycles. The van der Waals surface area contributed by atoms with Crippen molar-refractivity contribution < 1.29 is 18.6 Å². The molecule has 0 fully saturated rings. The van der Waals surface area contributed by atoms with E-state index in [0.717, 1.165) is 0 Å². The summed E-state index contributed by atoms with van der Waals surface area (Å²) in [5.74, 6) is 1.12. The van der Waals surface area contributed by atoms with Gasteiger partial charge in [0, 0.05) is 6.07 Å². The molecule has 21 heavy (non-hydrogen) atoms. The molecule has 0 atom stereocenters. The van der Waals surface area contributed by atoms with E-state index in [1.165, 1.54) is 7.11 Å². The van der Waals surface area contributed by atoms with Gasteiger partial charge in [-0.2, -0.15) is 0 Å². The second kappa shape index (κ2) is 6.08. The molecule has 0 unspecified atom stereocenters. The number of rotatable bonds is 5. The molecule has 1 aromatic heterocycles. The first kappa shape index (κ1) is 15.2. The van der Waals surface area contributed by atoms with Crippen LogP contribution >= 0.6 is 0 Å². The van der Waals surface area contributed by atoms with Gasteiger partial charge in [0.15, 0.2) is 5.75 Å². The van der Waals surface area contributed by atoms with Crippen LogP contribution in [0, 0.1) is 0 Å². The molecule has 5 nitrogen and oxygen atoms in total.